The van der Waals surface area contributed by atoms with E-state index in [1.807, 2.05) is 24.7 Å². The van der Waals surface area contributed by atoms with Crippen molar-refractivity contribution in [3.8, 4) is 0 Å². The third kappa shape index (κ3) is 3.75. The summed E-state index contributed by atoms with van der Waals surface area (Å²) in [5.74, 6) is 0. The summed E-state index contributed by atoms with van der Waals surface area (Å²) in [6.07, 6.45) is 3.69. The molecule has 0 fully saturated rings. The van der Waals surface area contributed by atoms with Crippen molar-refractivity contribution in [3.05, 3.63) is 41.2 Å². The summed E-state index contributed by atoms with van der Waals surface area (Å²) in [6.45, 7) is 4.73. The van der Waals surface area contributed by atoms with Crippen LogP contribution in [0, 0.1) is 0 Å². The molecule has 21 heavy (non-hydrogen) atoms. The van der Waals surface area contributed by atoms with Crippen LogP contribution < -0.4 is 10.5 Å². The Morgan fingerprint density at radius 3 is 2.76 bits per heavy atom. The summed E-state index contributed by atoms with van der Waals surface area (Å²) < 4.78 is 24.6. The molecule has 2 rings (SSSR count). The van der Waals surface area contributed by atoms with Crippen LogP contribution in [0.3, 0.4) is 0 Å². The molecule has 2 aromatic rings. The molecule has 8 heteroatoms. The van der Waals surface area contributed by atoms with E-state index in [-0.39, 0.29) is 10.9 Å². The number of halogens is 1. The number of aryl methyl sites for hydroxylation is 1. The average molecular weight is 329 g/mol. The van der Waals surface area contributed by atoms with E-state index in [0.717, 1.165) is 12.1 Å². The lowest BCUT2D eigenvalue weighted by atomic mass is 10.2. The van der Waals surface area contributed by atoms with Gasteiger partial charge in [0.1, 0.15) is 0 Å². The fourth-order valence-corrected chi connectivity index (χ4v) is 2.60. The molecule has 1 heterocycles. The first-order valence-corrected chi connectivity index (χ1v) is 8.35. The highest BCUT2D eigenvalue weighted by molar-refractivity contribution is 7.89. The molecule has 1 atom stereocenters. The molecule has 0 bridgehead atoms. The van der Waals surface area contributed by atoms with Gasteiger partial charge in [-0.25, -0.2) is 13.6 Å². The number of nitrogens with one attached hydrogen (secondary N) is 1. The molecule has 0 spiro atoms. The first kappa shape index (κ1) is 15.8. The minimum absolute atomic E-state index is 0.0193. The molecule has 0 amide bonds. The molecular formula is C13H17ClN4O2S. The Labute approximate surface area is 129 Å². The number of sulfonamides is 1. The molecule has 0 radical (unpaired) electrons. The Morgan fingerprint density at radius 1 is 1.48 bits per heavy atom. The number of aromatic nitrogens is 2. The second-order valence-corrected chi connectivity index (χ2v) is 6.65. The molecule has 0 saturated heterocycles. The maximum absolute atomic E-state index is 11.4. The molecule has 1 unspecified atom stereocenters. The van der Waals surface area contributed by atoms with Gasteiger partial charge in [0.15, 0.2) is 0 Å². The van der Waals surface area contributed by atoms with Crippen molar-refractivity contribution in [2.75, 3.05) is 5.32 Å². The summed E-state index contributed by atoms with van der Waals surface area (Å²) in [5, 5.41) is 12.9. The predicted octanol–water partition coefficient (Wildman–Crippen LogP) is 2.38. The molecule has 6 nitrogen and oxygen atoms in total. The fourth-order valence-electron chi connectivity index (χ4n) is 1.88. The minimum atomic E-state index is -3.76. The van der Waals surface area contributed by atoms with Crippen LogP contribution in [-0.2, 0) is 16.6 Å². The van der Waals surface area contributed by atoms with Crippen LogP contribution in [0.25, 0.3) is 0 Å². The normalized spacial score (nSPS) is 13.1. The molecule has 1 aromatic carbocycles. The maximum atomic E-state index is 11.4. The number of hydrogen-bond donors (Lipinski definition) is 2. The van der Waals surface area contributed by atoms with E-state index in [1.165, 1.54) is 18.2 Å². The van der Waals surface area contributed by atoms with E-state index in [2.05, 4.69) is 10.4 Å². The molecule has 3 N–H and O–H groups in total. The number of rotatable bonds is 5. The summed E-state index contributed by atoms with van der Waals surface area (Å²) in [7, 11) is -3.76. The standard InChI is InChI=1S/C13H17ClN4O2S/c1-3-18-8-10(7-16-18)9(2)17-13-6-11(21(15,19)20)4-5-12(13)14/h4-9,17H,3H2,1-2H3,(H2,15,19,20). The lowest BCUT2D eigenvalue weighted by Crippen LogP contribution is -2.13. The van der Waals surface area contributed by atoms with E-state index in [1.54, 1.807) is 6.20 Å². The molecule has 0 aliphatic carbocycles. The summed E-state index contributed by atoms with van der Waals surface area (Å²) >= 11 is 6.09. The van der Waals surface area contributed by atoms with Gasteiger partial charge in [-0.1, -0.05) is 11.6 Å². The van der Waals surface area contributed by atoms with Crippen molar-refractivity contribution in [2.45, 2.75) is 31.3 Å². The largest absolute Gasteiger partial charge is 0.377 e. The molecule has 1 aromatic heterocycles. The van der Waals surface area contributed by atoms with Gasteiger partial charge in [0.2, 0.25) is 10.0 Å². The highest BCUT2D eigenvalue weighted by Gasteiger charge is 2.14. The number of nitrogens with zero attached hydrogens (tertiary/aromatic N) is 2. The number of benzene rings is 1. The number of nitrogens with two attached hydrogens (primary N) is 1. The van der Waals surface area contributed by atoms with E-state index < -0.39 is 10.0 Å². The SMILES string of the molecule is CCn1cc(C(C)Nc2cc(S(N)(=O)=O)ccc2Cl)cn1. The molecule has 0 aliphatic heterocycles. The summed E-state index contributed by atoms with van der Waals surface area (Å²) in [5.41, 5.74) is 1.49. The predicted molar refractivity (Wildman–Crippen MR) is 82.8 cm³/mol. The van der Waals surface area contributed by atoms with E-state index in [4.69, 9.17) is 16.7 Å². The van der Waals surface area contributed by atoms with Gasteiger partial charge in [-0.05, 0) is 32.0 Å². The van der Waals surface area contributed by atoms with Gasteiger partial charge in [-0.3, -0.25) is 4.68 Å². The monoisotopic (exact) mass is 328 g/mol. The van der Waals surface area contributed by atoms with Crippen LogP contribution >= 0.6 is 11.6 Å². The van der Waals surface area contributed by atoms with Gasteiger partial charge in [0.05, 0.1) is 27.8 Å². The van der Waals surface area contributed by atoms with Crippen LogP contribution in [0.15, 0.2) is 35.5 Å². The van der Waals surface area contributed by atoms with Crippen LogP contribution in [0.2, 0.25) is 5.02 Å². The van der Waals surface area contributed by atoms with Crippen LogP contribution in [0.5, 0.6) is 0 Å². The Balaban J connectivity index is 2.26. The zero-order chi connectivity index (χ0) is 15.6. The van der Waals surface area contributed by atoms with Gasteiger partial charge in [-0.2, -0.15) is 5.10 Å². The van der Waals surface area contributed by atoms with E-state index >= 15 is 0 Å². The van der Waals surface area contributed by atoms with Gasteiger partial charge in [0.25, 0.3) is 0 Å². The van der Waals surface area contributed by atoms with Crippen molar-refractivity contribution >= 4 is 27.3 Å². The fraction of sp³-hybridized carbons (Fsp3) is 0.308. The van der Waals surface area contributed by atoms with Crippen LogP contribution in [0.4, 0.5) is 5.69 Å². The second-order valence-electron chi connectivity index (χ2n) is 4.68. The molecular weight excluding hydrogens is 312 g/mol. The zero-order valence-corrected chi connectivity index (χ0v) is 13.3. The van der Waals surface area contributed by atoms with Crippen molar-refractivity contribution in [1.82, 2.24) is 9.78 Å². The number of hydrogen-bond acceptors (Lipinski definition) is 4. The van der Waals surface area contributed by atoms with Crippen molar-refractivity contribution in [1.29, 1.82) is 0 Å². The third-order valence-corrected chi connectivity index (χ3v) is 4.36. The number of primary sulfonamides is 1. The Kier molecular flexibility index (Phi) is 4.55. The zero-order valence-electron chi connectivity index (χ0n) is 11.7. The maximum Gasteiger partial charge on any atom is 0.238 e. The third-order valence-electron chi connectivity index (χ3n) is 3.12. The highest BCUT2D eigenvalue weighted by Crippen LogP contribution is 2.28. The smallest absolute Gasteiger partial charge is 0.238 e. The Morgan fingerprint density at radius 2 is 2.19 bits per heavy atom. The topological polar surface area (TPSA) is 90.0 Å². The van der Waals surface area contributed by atoms with Gasteiger partial charge in [0, 0.05) is 18.3 Å². The highest BCUT2D eigenvalue weighted by atomic mass is 35.5. The molecule has 0 saturated carbocycles. The van der Waals surface area contributed by atoms with E-state index in [0.29, 0.717) is 10.7 Å². The minimum Gasteiger partial charge on any atom is -0.377 e. The first-order valence-electron chi connectivity index (χ1n) is 6.42. The quantitative estimate of drug-likeness (QED) is 0.881. The lowest BCUT2D eigenvalue weighted by Gasteiger charge is -2.15. The van der Waals surface area contributed by atoms with Crippen molar-refractivity contribution in [3.63, 3.8) is 0 Å². The lowest BCUT2D eigenvalue weighted by molar-refractivity contribution is 0.598. The molecule has 114 valence electrons. The Hall–Kier alpha value is -1.57. The van der Waals surface area contributed by atoms with Gasteiger partial charge >= 0.3 is 0 Å². The number of anilines is 1. The summed E-state index contributed by atoms with van der Waals surface area (Å²) in [6, 6.07) is 4.24. The molecule has 0 aliphatic rings. The summed E-state index contributed by atoms with van der Waals surface area (Å²) in [4.78, 5) is 0.0193. The average Bonchev–Trinajstić information content (AvgIpc) is 2.88. The van der Waals surface area contributed by atoms with Crippen molar-refractivity contribution < 1.29 is 8.42 Å². The van der Waals surface area contributed by atoms with Gasteiger partial charge in [-0.15, -0.1) is 0 Å². The Bertz CT molecular complexity index is 742. The van der Waals surface area contributed by atoms with Crippen LogP contribution in [0.1, 0.15) is 25.5 Å². The van der Waals surface area contributed by atoms with Gasteiger partial charge < -0.3 is 5.32 Å². The van der Waals surface area contributed by atoms with Crippen molar-refractivity contribution in [2.24, 2.45) is 5.14 Å². The van der Waals surface area contributed by atoms with Crippen LogP contribution in [-0.4, -0.2) is 18.2 Å². The van der Waals surface area contributed by atoms with E-state index in [9.17, 15) is 8.42 Å². The second kappa shape index (κ2) is 6.05. The first-order chi connectivity index (χ1) is 9.81.